The Hall–Kier alpha value is -2.00. The predicted octanol–water partition coefficient (Wildman–Crippen LogP) is 1.59. The van der Waals surface area contributed by atoms with Gasteiger partial charge in [0.15, 0.2) is 15.5 Å². The first-order valence-electron chi connectivity index (χ1n) is 5.97. The monoisotopic (exact) mass is 327 g/mol. The molecule has 1 N–H and O–H groups in total. The molecule has 112 valence electrons. The second-order valence-corrected chi connectivity index (χ2v) is 6.68. The largest absolute Gasteiger partial charge is 0.492 e. The van der Waals surface area contributed by atoms with Gasteiger partial charge < -0.3 is 10.1 Å². The van der Waals surface area contributed by atoms with Crippen molar-refractivity contribution in [3.05, 3.63) is 30.1 Å². The Morgan fingerprint density at radius 2 is 2.19 bits per heavy atom. The van der Waals surface area contributed by atoms with Gasteiger partial charge in [-0.1, -0.05) is 0 Å². The van der Waals surface area contributed by atoms with Crippen molar-refractivity contribution in [3.63, 3.8) is 0 Å². The molecule has 0 fully saturated rings. The molecule has 7 nitrogen and oxygen atoms in total. The summed E-state index contributed by atoms with van der Waals surface area (Å²) < 4.78 is 36.1. The molecule has 0 aliphatic heterocycles. The average molecular weight is 327 g/mol. The number of ether oxygens (including phenoxy) is 1. The molecule has 0 radical (unpaired) electrons. The number of rotatable bonds is 5. The molecule has 0 saturated carbocycles. The van der Waals surface area contributed by atoms with Gasteiger partial charge in [-0.2, -0.15) is 8.75 Å². The van der Waals surface area contributed by atoms with Crippen LogP contribution >= 0.6 is 11.7 Å². The Labute approximate surface area is 126 Å². The van der Waals surface area contributed by atoms with Crippen LogP contribution in [0.4, 0.5) is 5.69 Å². The zero-order valence-corrected chi connectivity index (χ0v) is 13.0. The van der Waals surface area contributed by atoms with Crippen LogP contribution < -0.4 is 10.1 Å². The molecular weight excluding hydrogens is 314 g/mol. The Bertz CT molecular complexity index is 742. The topological polar surface area (TPSA) is 98.2 Å². The SMILES string of the molecule is CCOc1cc(S(C)(=O)=O)ccc1NC(=O)c1cnsn1. The van der Waals surface area contributed by atoms with Crippen molar-refractivity contribution in [2.24, 2.45) is 0 Å². The third-order valence-corrected chi connectivity index (χ3v) is 4.11. The average Bonchev–Trinajstić information content (AvgIpc) is 2.93. The third-order valence-electron chi connectivity index (χ3n) is 2.52. The van der Waals surface area contributed by atoms with Crippen LogP contribution in [0, 0.1) is 0 Å². The van der Waals surface area contributed by atoms with Gasteiger partial charge in [-0.3, -0.25) is 4.79 Å². The summed E-state index contributed by atoms with van der Waals surface area (Å²) in [7, 11) is -3.35. The van der Waals surface area contributed by atoms with Crippen LogP contribution in [0.25, 0.3) is 0 Å². The second kappa shape index (κ2) is 6.19. The van der Waals surface area contributed by atoms with E-state index in [9.17, 15) is 13.2 Å². The summed E-state index contributed by atoms with van der Waals surface area (Å²) in [5, 5.41) is 2.62. The number of anilines is 1. The number of benzene rings is 1. The van der Waals surface area contributed by atoms with Crippen LogP contribution in [0.3, 0.4) is 0 Å². The molecule has 0 atom stereocenters. The molecule has 0 aliphatic carbocycles. The highest BCUT2D eigenvalue weighted by atomic mass is 32.2. The first-order valence-corrected chi connectivity index (χ1v) is 8.60. The number of hydrogen-bond donors (Lipinski definition) is 1. The summed E-state index contributed by atoms with van der Waals surface area (Å²) in [5.41, 5.74) is 0.567. The minimum Gasteiger partial charge on any atom is -0.492 e. The van der Waals surface area contributed by atoms with Crippen LogP contribution in [-0.4, -0.2) is 35.9 Å². The third kappa shape index (κ3) is 3.76. The number of carbonyl (C=O) groups excluding carboxylic acids is 1. The van der Waals surface area contributed by atoms with Gasteiger partial charge in [0.1, 0.15) is 5.75 Å². The number of sulfone groups is 1. The fourth-order valence-electron chi connectivity index (χ4n) is 1.56. The van der Waals surface area contributed by atoms with Gasteiger partial charge in [-0.15, -0.1) is 0 Å². The molecule has 2 aromatic rings. The van der Waals surface area contributed by atoms with Gasteiger partial charge in [0.05, 0.1) is 35.1 Å². The molecule has 1 heterocycles. The molecular formula is C12H13N3O4S2. The first kappa shape index (κ1) is 15.4. The summed E-state index contributed by atoms with van der Waals surface area (Å²) in [4.78, 5) is 12.1. The predicted molar refractivity (Wildman–Crippen MR) is 78.6 cm³/mol. The number of nitrogens with one attached hydrogen (secondary N) is 1. The molecule has 1 aromatic carbocycles. The van der Waals surface area contributed by atoms with E-state index in [1.165, 1.54) is 24.4 Å². The smallest absolute Gasteiger partial charge is 0.277 e. The van der Waals surface area contributed by atoms with E-state index in [0.717, 1.165) is 18.0 Å². The van der Waals surface area contributed by atoms with Crippen LogP contribution in [0.2, 0.25) is 0 Å². The minimum atomic E-state index is -3.35. The molecule has 1 aromatic heterocycles. The van der Waals surface area contributed by atoms with E-state index >= 15 is 0 Å². The van der Waals surface area contributed by atoms with Gasteiger partial charge in [0.25, 0.3) is 5.91 Å². The summed E-state index contributed by atoms with van der Waals surface area (Å²) in [6, 6.07) is 4.28. The molecule has 2 rings (SSSR count). The van der Waals surface area contributed by atoms with E-state index < -0.39 is 15.7 Å². The van der Waals surface area contributed by atoms with Gasteiger partial charge in [-0.25, -0.2) is 8.42 Å². The van der Waals surface area contributed by atoms with Crippen molar-refractivity contribution < 1.29 is 17.9 Å². The molecule has 0 unspecified atom stereocenters. The highest BCUT2D eigenvalue weighted by molar-refractivity contribution is 7.90. The quantitative estimate of drug-likeness (QED) is 0.895. The van der Waals surface area contributed by atoms with E-state index in [1.54, 1.807) is 6.92 Å². The van der Waals surface area contributed by atoms with Crippen molar-refractivity contribution in [2.45, 2.75) is 11.8 Å². The van der Waals surface area contributed by atoms with Crippen molar-refractivity contribution in [3.8, 4) is 5.75 Å². The fourth-order valence-corrected chi connectivity index (χ4v) is 2.61. The molecule has 0 aliphatic rings. The highest BCUT2D eigenvalue weighted by Gasteiger charge is 2.15. The lowest BCUT2D eigenvalue weighted by Crippen LogP contribution is -2.13. The van der Waals surface area contributed by atoms with Crippen LogP contribution in [-0.2, 0) is 9.84 Å². The lowest BCUT2D eigenvalue weighted by atomic mass is 10.3. The van der Waals surface area contributed by atoms with Crippen LogP contribution in [0.15, 0.2) is 29.3 Å². The second-order valence-electron chi connectivity index (χ2n) is 4.11. The number of amides is 1. The summed E-state index contributed by atoms with van der Waals surface area (Å²) in [6.45, 7) is 2.11. The molecule has 0 spiro atoms. The van der Waals surface area contributed by atoms with Gasteiger partial charge in [0.2, 0.25) is 0 Å². The summed E-state index contributed by atoms with van der Waals surface area (Å²) in [6.07, 6.45) is 2.46. The summed E-state index contributed by atoms with van der Waals surface area (Å²) >= 11 is 0.927. The Balaban J connectivity index is 2.32. The summed E-state index contributed by atoms with van der Waals surface area (Å²) in [5.74, 6) is -0.145. The maximum absolute atomic E-state index is 11.9. The Morgan fingerprint density at radius 1 is 1.43 bits per heavy atom. The van der Waals surface area contributed by atoms with Crippen molar-refractivity contribution in [1.82, 2.24) is 8.75 Å². The first-order chi connectivity index (χ1) is 9.91. The van der Waals surface area contributed by atoms with Crippen molar-refractivity contribution in [2.75, 3.05) is 18.2 Å². The van der Waals surface area contributed by atoms with E-state index in [2.05, 4.69) is 14.1 Å². The fraction of sp³-hybridized carbons (Fsp3) is 0.250. The molecule has 0 saturated heterocycles. The number of nitrogens with zero attached hydrogens (tertiary/aromatic N) is 2. The van der Waals surface area contributed by atoms with E-state index in [1.807, 2.05) is 0 Å². The number of aromatic nitrogens is 2. The maximum Gasteiger partial charge on any atom is 0.277 e. The molecule has 21 heavy (non-hydrogen) atoms. The molecule has 0 bridgehead atoms. The standard InChI is InChI=1S/C12H13N3O4S2/c1-3-19-11-6-8(21(2,17)18)4-5-9(11)14-12(16)10-7-13-20-15-10/h4-7H,3H2,1-2H3,(H,14,16). The van der Waals surface area contributed by atoms with E-state index in [0.29, 0.717) is 12.3 Å². The Morgan fingerprint density at radius 3 is 2.76 bits per heavy atom. The van der Waals surface area contributed by atoms with E-state index in [-0.39, 0.29) is 16.3 Å². The van der Waals surface area contributed by atoms with Crippen LogP contribution in [0.1, 0.15) is 17.4 Å². The van der Waals surface area contributed by atoms with E-state index in [4.69, 9.17) is 4.74 Å². The zero-order chi connectivity index (χ0) is 15.5. The number of hydrogen-bond acceptors (Lipinski definition) is 7. The van der Waals surface area contributed by atoms with Gasteiger partial charge in [-0.05, 0) is 19.1 Å². The van der Waals surface area contributed by atoms with Crippen molar-refractivity contribution in [1.29, 1.82) is 0 Å². The number of carbonyl (C=O) groups is 1. The van der Waals surface area contributed by atoms with Crippen molar-refractivity contribution >= 4 is 33.2 Å². The molecule has 1 amide bonds. The lowest BCUT2D eigenvalue weighted by Gasteiger charge is -2.12. The maximum atomic E-state index is 11.9. The Kier molecular flexibility index (Phi) is 4.53. The zero-order valence-electron chi connectivity index (χ0n) is 11.4. The highest BCUT2D eigenvalue weighted by Crippen LogP contribution is 2.28. The minimum absolute atomic E-state index is 0.124. The normalized spacial score (nSPS) is 11.1. The van der Waals surface area contributed by atoms with Gasteiger partial charge in [0, 0.05) is 12.3 Å². The molecule has 9 heteroatoms. The lowest BCUT2D eigenvalue weighted by molar-refractivity contribution is 0.102. The van der Waals surface area contributed by atoms with Crippen LogP contribution in [0.5, 0.6) is 5.75 Å². The van der Waals surface area contributed by atoms with Gasteiger partial charge >= 0.3 is 0 Å².